The highest BCUT2D eigenvalue weighted by Gasteiger charge is 2.30. The maximum absolute atomic E-state index is 12.5. The van der Waals surface area contributed by atoms with E-state index in [4.69, 9.17) is 10.5 Å². The molecule has 0 bridgehead atoms. The van der Waals surface area contributed by atoms with Crippen LogP contribution in [0.15, 0.2) is 0 Å². The lowest BCUT2D eigenvalue weighted by Gasteiger charge is -2.37. The third kappa shape index (κ3) is 7.99. The van der Waals surface area contributed by atoms with E-state index < -0.39 is 6.10 Å². The molecular weight excluding hydrogens is 318 g/mol. The summed E-state index contributed by atoms with van der Waals surface area (Å²) in [6.07, 6.45) is 4.98. The van der Waals surface area contributed by atoms with Gasteiger partial charge in [0.2, 0.25) is 5.91 Å². The van der Waals surface area contributed by atoms with E-state index in [9.17, 15) is 9.59 Å². The molecule has 136 valence electrons. The molecule has 0 aromatic carbocycles. The van der Waals surface area contributed by atoms with Crippen LogP contribution >= 0.6 is 12.4 Å². The number of likely N-dealkylation sites (tertiary alicyclic amines) is 1. The fourth-order valence-corrected chi connectivity index (χ4v) is 2.66. The van der Waals surface area contributed by atoms with E-state index in [1.807, 2.05) is 11.8 Å². The van der Waals surface area contributed by atoms with E-state index in [1.165, 1.54) is 0 Å². The molecule has 0 radical (unpaired) electrons. The van der Waals surface area contributed by atoms with Crippen molar-refractivity contribution in [2.75, 3.05) is 26.2 Å². The van der Waals surface area contributed by atoms with Crippen LogP contribution in [0.5, 0.6) is 0 Å². The van der Waals surface area contributed by atoms with E-state index in [2.05, 4.69) is 12.2 Å². The Kier molecular flexibility index (Phi) is 12.1. The minimum absolute atomic E-state index is 0. The smallest absolute Gasteiger partial charge is 0.251 e. The molecule has 1 fully saturated rings. The number of hydrogen-bond donors (Lipinski definition) is 2. The van der Waals surface area contributed by atoms with Gasteiger partial charge in [-0.15, -0.1) is 12.4 Å². The SMILES string of the molecule is CCCCOC(C)C(=O)N1CCCCC1CNC(=O)CCN.Cl. The van der Waals surface area contributed by atoms with Crippen LogP contribution in [0, 0.1) is 0 Å². The average Bonchev–Trinajstić information content (AvgIpc) is 2.53. The summed E-state index contributed by atoms with van der Waals surface area (Å²) in [5, 5.41) is 2.88. The Labute approximate surface area is 145 Å². The number of piperidine rings is 1. The van der Waals surface area contributed by atoms with Crippen molar-refractivity contribution in [2.24, 2.45) is 5.73 Å². The Morgan fingerprint density at radius 3 is 2.78 bits per heavy atom. The van der Waals surface area contributed by atoms with Gasteiger partial charge in [0.05, 0.1) is 0 Å². The third-order valence-electron chi connectivity index (χ3n) is 4.03. The number of amides is 2. The summed E-state index contributed by atoms with van der Waals surface area (Å²) in [6.45, 7) is 6.14. The van der Waals surface area contributed by atoms with Gasteiger partial charge in [-0.1, -0.05) is 13.3 Å². The van der Waals surface area contributed by atoms with Crippen molar-refractivity contribution in [3.05, 3.63) is 0 Å². The number of nitrogens with zero attached hydrogens (tertiary/aromatic N) is 1. The number of halogens is 1. The van der Waals surface area contributed by atoms with E-state index in [0.717, 1.165) is 38.6 Å². The van der Waals surface area contributed by atoms with Crippen LogP contribution in [0.3, 0.4) is 0 Å². The molecule has 1 aliphatic heterocycles. The molecule has 1 heterocycles. The molecule has 0 aromatic rings. The van der Waals surface area contributed by atoms with Crippen molar-refractivity contribution in [3.8, 4) is 0 Å². The fourth-order valence-electron chi connectivity index (χ4n) is 2.66. The molecule has 23 heavy (non-hydrogen) atoms. The van der Waals surface area contributed by atoms with Gasteiger partial charge in [-0.25, -0.2) is 0 Å². The maximum atomic E-state index is 12.5. The van der Waals surface area contributed by atoms with Gasteiger partial charge in [0.15, 0.2) is 0 Å². The molecule has 2 unspecified atom stereocenters. The van der Waals surface area contributed by atoms with Crippen LogP contribution < -0.4 is 11.1 Å². The Morgan fingerprint density at radius 1 is 1.39 bits per heavy atom. The minimum Gasteiger partial charge on any atom is -0.369 e. The van der Waals surface area contributed by atoms with Crippen LogP contribution in [0.1, 0.15) is 52.4 Å². The highest BCUT2D eigenvalue weighted by atomic mass is 35.5. The first-order valence-electron chi connectivity index (χ1n) is 8.49. The molecule has 2 amide bonds. The zero-order valence-electron chi connectivity index (χ0n) is 14.4. The zero-order chi connectivity index (χ0) is 16.4. The summed E-state index contributed by atoms with van der Waals surface area (Å²) < 4.78 is 5.61. The number of ether oxygens (including phenoxy) is 1. The molecule has 1 saturated heterocycles. The zero-order valence-corrected chi connectivity index (χ0v) is 15.2. The van der Waals surface area contributed by atoms with E-state index in [0.29, 0.717) is 26.1 Å². The minimum atomic E-state index is -0.410. The molecule has 1 rings (SSSR count). The lowest BCUT2D eigenvalue weighted by atomic mass is 10.0. The lowest BCUT2D eigenvalue weighted by molar-refractivity contribution is -0.146. The first-order valence-corrected chi connectivity index (χ1v) is 8.49. The summed E-state index contributed by atoms with van der Waals surface area (Å²) in [5.41, 5.74) is 5.37. The first kappa shape index (κ1) is 22.1. The standard InChI is InChI=1S/C16H31N3O3.ClH/c1-3-4-11-22-13(2)16(21)19-10-6-5-7-14(19)12-18-15(20)8-9-17;/h13-14H,3-12,17H2,1-2H3,(H,18,20);1H. The Balaban J connectivity index is 0.00000484. The number of nitrogens with two attached hydrogens (primary N) is 1. The largest absolute Gasteiger partial charge is 0.369 e. The molecule has 3 N–H and O–H groups in total. The Hall–Kier alpha value is -0.850. The summed E-state index contributed by atoms with van der Waals surface area (Å²) in [4.78, 5) is 26.0. The molecule has 0 saturated carbocycles. The van der Waals surface area contributed by atoms with Crippen LogP contribution in [0.2, 0.25) is 0 Å². The van der Waals surface area contributed by atoms with Crippen molar-refractivity contribution in [1.82, 2.24) is 10.2 Å². The number of nitrogens with one attached hydrogen (secondary N) is 1. The summed E-state index contributed by atoms with van der Waals surface area (Å²) in [6, 6.07) is 0.0696. The predicted molar refractivity (Wildman–Crippen MR) is 93.6 cm³/mol. The normalized spacial score (nSPS) is 18.9. The van der Waals surface area contributed by atoms with Gasteiger partial charge in [-0.05, 0) is 32.6 Å². The highest BCUT2D eigenvalue weighted by Crippen LogP contribution is 2.18. The van der Waals surface area contributed by atoms with Gasteiger partial charge in [0, 0.05) is 38.7 Å². The first-order chi connectivity index (χ1) is 10.6. The molecule has 2 atom stereocenters. The van der Waals surface area contributed by atoms with Crippen LogP contribution in [0.25, 0.3) is 0 Å². The van der Waals surface area contributed by atoms with Crippen molar-refractivity contribution in [2.45, 2.75) is 64.5 Å². The van der Waals surface area contributed by atoms with Gasteiger partial charge < -0.3 is 20.7 Å². The quantitative estimate of drug-likeness (QED) is 0.617. The second-order valence-electron chi connectivity index (χ2n) is 5.89. The van der Waals surface area contributed by atoms with E-state index in [-0.39, 0.29) is 30.3 Å². The number of hydrogen-bond acceptors (Lipinski definition) is 4. The number of carbonyl (C=O) groups excluding carboxylic acids is 2. The number of unbranched alkanes of at least 4 members (excludes halogenated alkanes) is 1. The number of rotatable bonds is 9. The topological polar surface area (TPSA) is 84.7 Å². The molecule has 6 nitrogen and oxygen atoms in total. The van der Waals surface area contributed by atoms with Gasteiger partial charge in [-0.2, -0.15) is 0 Å². The molecular formula is C16H32ClN3O3. The molecule has 0 aliphatic carbocycles. The van der Waals surface area contributed by atoms with E-state index >= 15 is 0 Å². The van der Waals surface area contributed by atoms with Crippen molar-refractivity contribution in [3.63, 3.8) is 0 Å². The van der Waals surface area contributed by atoms with Crippen molar-refractivity contribution < 1.29 is 14.3 Å². The lowest BCUT2D eigenvalue weighted by Crippen LogP contribution is -2.52. The summed E-state index contributed by atoms with van der Waals surface area (Å²) >= 11 is 0. The monoisotopic (exact) mass is 349 g/mol. The second kappa shape index (κ2) is 12.6. The van der Waals surface area contributed by atoms with Gasteiger partial charge >= 0.3 is 0 Å². The van der Waals surface area contributed by atoms with Crippen LogP contribution in [0.4, 0.5) is 0 Å². The predicted octanol–water partition coefficient (Wildman–Crippen LogP) is 1.46. The average molecular weight is 350 g/mol. The summed E-state index contributed by atoms with van der Waals surface area (Å²) in [5.74, 6) is -0.0124. The van der Waals surface area contributed by atoms with E-state index in [1.54, 1.807) is 0 Å². The summed E-state index contributed by atoms with van der Waals surface area (Å²) in [7, 11) is 0. The molecule has 1 aliphatic rings. The second-order valence-corrected chi connectivity index (χ2v) is 5.89. The molecule has 0 aromatic heterocycles. The molecule has 0 spiro atoms. The van der Waals surface area contributed by atoms with Crippen molar-refractivity contribution in [1.29, 1.82) is 0 Å². The highest BCUT2D eigenvalue weighted by molar-refractivity contribution is 5.85. The van der Waals surface area contributed by atoms with Crippen molar-refractivity contribution >= 4 is 24.2 Å². The number of carbonyl (C=O) groups is 2. The van der Waals surface area contributed by atoms with Gasteiger partial charge in [0.25, 0.3) is 5.91 Å². The van der Waals surface area contributed by atoms with Crippen LogP contribution in [-0.2, 0) is 14.3 Å². The van der Waals surface area contributed by atoms with Gasteiger partial charge in [-0.3, -0.25) is 9.59 Å². The molecule has 7 heteroatoms. The fraction of sp³-hybridized carbons (Fsp3) is 0.875. The van der Waals surface area contributed by atoms with Crippen LogP contribution in [-0.4, -0.2) is 55.1 Å². The van der Waals surface area contributed by atoms with Gasteiger partial charge in [0.1, 0.15) is 6.10 Å². The Bertz CT molecular complexity index is 355. The third-order valence-corrected chi connectivity index (χ3v) is 4.03. The maximum Gasteiger partial charge on any atom is 0.251 e. The Morgan fingerprint density at radius 2 is 2.13 bits per heavy atom.